The summed E-state index contributed by atoms with van der Waals surface area (Å²) in [7, 11) is 0. The Morgan fingerprint density at radius 2 is 2.29 bits per heavy atom. The van der Waals surface area contributed by atoms with E-state index in [9.17, 15) is 18.0 Å². The summed E-state index contributed by atoms with van der Waals surface area (Å²) in [5.74, 6) is 0.164. The van der Waals surface area contributed by atoms with Crippen LogP contribution in [-0.4, -0.2) is 25.7 Å². The van der Waals surface area contributed by atoms with E-state index >= 15 is 0 Å². The van der Waals surface area contributed by atoms with Gasteiger partial charge in [0.1, 0.15) is 12.4 Å². The number of hydrogen-bond donors (Lipinski definition) is 2. The molecule has 1 atom stereocenters. The van der Waals surface area contributed by atoms with Gasteiger partial charge in [0, 0.05) is 18.6 Å². The van der Waals surface area contributed by atoms with Crippen molar-refractivity contribution >= 4 is 5.91 Å². The van der Waals surface area contributed by atoms with Crippen LogP contribution < -0.4 is 5.32 Å². The maximum absolute atomic E-state index is 12.4. The molecule has 6 nitrogen and oxygen atoms in total. The minimum atomic E-state index is -4.51. The predicted molar refractivity (Wildman–Crippen MR) is 67.0 cm³/mol. The molecule has 0 spiro atoms. The van der Waals surface area contributed by atoms with Crippen molar-refractivity contribution in [2.45, 2.75) is 32.1 Å². The molecule has 0 aliphatic carbocycles. The van der Waals surface area contributed by atoms with Gasteiger partial charge >= 0.3 is 6.18 Å². The zero-order chi connectivity index (χ0) is 15.5. The molecule has 0 aliphatic heterocycles. The van der Waals surface area contributed by atoms with E-state index in [1.165, 1.54) is 0 Å². The van der Waals surface area contributed by atoms with Crippen molar-refractivity contribution in [2.75, 3.05) is 0 Å². The van der Waals surface area contributed by atoms with Crippen molar-refractivity contribution in [1.82, 2.24) is 25.1 Å². The highest BCUT2D eigenvalue weighted by molar-refractivity contribution is 5.76. The monoisotopic (exact) mass is 301 g/mol. The first-order valence-electron chi connectivity index (χ1n) is 6.29. The quantitative estimate of drug-likeness (QED) is 0.885. The van der Waals surface area contributed by atoms with Crippen LogP contribution in [0.1, 0.15) is 30.9 Å². The Hall–Kier alpha value is -2.32. The third kappa shape index (κ3) is 3.83. The van der Waals surface area contributed by atoms with Crippen molar-refractivity contribution in [3.8, 4) is 0 Å². The number of nitrogens with one attached hydrogen (secondary N) is 2. The molecule has 0 fully saturated rings. The van der Waals surface area contributed by atoms with Crippen molar-refractivity contribution in [1.29, 1.82) is 0 Å². The summed E-state index contributed by atoms with van der Waals surface area (Å²) >= 11 is 0. The Labute approximate surface area is 118 Å². The molecule has 21 heavy (non-hydrogen) atoms. The molecule has 0 aliphatic rings. The van der Waals surface area contributed by atoms with Crippen LogP contribution in [0.3, 0.4) is 0 Å². The van der Waals surface area contributed by atoms with Gasteiger partial charge in [-0.15, -0.1) is 0 Å². The van der Waals surface area contributed by atoms with E-state index in [1.807, 2.05) is 6.92 Å². The third-order valence-electron chi connectivity index (χ3n) is 2.83. The summed E-state index contributed by atoms with van der Waals surface area (Å²) in [5, 5.41) is 6.02. The SMILES string of the molecule is CCC(NC(=O)Cn1ccc(C(F)(F)F)n1)c1ncc[nH]1. The summed E-state index contributed by atoms with van der Waals surface area (Å²) in [4.78, 5) is 18.8. The van der Waals surface area contributed by atoms with Crippen LogP contribution in [0.4, 0.5) is 13.2 Å². The normalized spacial score (nSPS) is 13.1. The molecular formula is C12H14F3N5O. The molecule has 114 valence electrons. The smallest absolute Gasteiger partial charge is 0.347 e. The van der Waals surface area contributed by atoms with E-state index in [1.54, 1.807) is 12.4 Å². The van der Waals surface area contributed by atoms with Gasteiger partial charge in [0.25, 0.3) is 0 Å². The van der Waals surface area contributed by atoms with E-state index in [2.05, 4.69) is 20.4 Å². The molecule has 0 bridgehead atoms. The molecule has 2 N–H and O–H groups in total. The highest BCUT2D eigenvalue weighted by Crippen LogP contribution is 2.27. The van der Waals surface area contributed by atoms with Gasteiger partial charge < -0.3 is 10.3 Å². The van der Waals surface area contributed by atoms with Crippen molar-refractivity contribution < 1.29 is 18.0 Å². The number of aromatic nitrogens is 4. The number of nitrogens with zero attached hydrogens (tertiary/aromatic N) is 3. The Morgan fingerprint density at radius 1 is 1.52 bits per heavy atom. The van der Waals surface area contributed by atoms with Gasteiger partial charge in [0.2, 0.25) is 5.91 Å². The van der Waals surface area contributed by atoms with E-state index in [0.29, 0.717) is 12.2 Å². The summed E-state index contributed by atoms with van der Waals surface area (Å²) in [5.41, 5.74) is -1.02. The number of carbonyl (C=O) groups excluding carboxylic acids is 1. The first-order chi connectivity index (χ1) is 9.90. The van der Waals surface area contributed by atoms with Crippen LogP contribution in [0.25, 0.3) is 0 Å². The molecular weight excluding hydrogens is 287 g/mol. The molecule has 2 rings (SSSR count). The van der Waals surface area contributed by atoms with Crippen molar-refractivity contribution in [3.63, 3.8) is 0 Å². The largest absolute Gasteiger partial charge is 0.435 e. The molecule has 0 aromatic carbocycles. The maximum atomic E-state index is 12.4. The van der Waals surface area contributed by atoms with Gasteiger partial charge in [0.05, 0.1) is 6.04 Å². The van der Waals surface area contributed by atoms with E-state index < -0.39 is 17.8 Å². The molecule has 2 aromatic heterocycles. The second-order valence-corrected chi connectivity index (χ2v) is 4.40. The third-order valence-corrected chi connectivity index (χ3v) is 2.83. The van der Waals surface area contributed by atoms with Crippen LogP contribution in [0, 0.1) is 0 Å². The van der Waals surface area contributed by atoms with Gasteiger partial charge in [-0.25, -0.2) is 4.98 Å². The number of rotatable bonds is 5. The topological polar surface area (TPSA) is 75.6 Å². The Bertz CT molecular complexity index is 590. The fraction of sp³-hybridized carbons (Fsp3) is 0.417. The second kappa shape index (κ2) is 5.98. The molecule has 1 amide bonds. The first kappa shape index (κ1) is 15.1. The van der Waals surface area contributed by atoms with Crippen LogP contribution in [0.15, 0.2) is 24.7 Å². The number of aromatic amines is 1. The molecule has 0 saturated carbocycles. The van der Waals surface area contributed by atoms with Crippen LogP contribution >= 0.6 is 0 Å². The van der Waals surface area contributed by atoms with Crippen molar-refractivity contribution in [3.05, 3.63) is 36.2 Å². The van der Waals surface area contributed by atoms with Gasteiger partial charge in [-0.2, -0.15) is 18.3 Å². The lowest BCUT2D eigenvalue weighted by Gasteiger charge is -2.14. The van der Waals surface area contributed by atoms with Crippen LogP contribution in [-0.2, 0) is 17.5 Å². The number of carbonyl (C=O) groups is 1. The van der Waals surface area contributed by atoms with Gasteiger partial charge in [-0.3, -0.25) is 9.48 Å². The Kier molecular flexibility index (Phi) is 4.29. The number of halogens is 3. The van der Waals surface area contributed by atoms with Gasteiger partial charge in [0.15, 0.2) is 5.69 Å². The highest BCUT2D eigenvalue weighted by atomic mass is 19.4. The zero-order valence-corrected chi connectivity index (χ0v) is 11.2. The minimum Gasteiger partial charge on any atom is -0.347 e. The molecule has 0 saturated heterocycles. The lowest BCUT2D eigenvalue weighted by atomic mass is 10.2. The summed E-state index contributed by atoms with van der Waals surface area (Å²) in [6.45, 7) is 1.58. The molecule has 2 aromatic rings. The molecule has 0 radical (unpaired) electrons. The fourth-order valence-electron chi connectivity index (χ4n) is 1.82. The van der Waals surface area contributed by atoms with Gasteiger partial charge in [-0.05, 0) is 12.5 Å². The van der Waals surface area contributed by atoms with E-state index in [0.717, 1.165) is 16.9 Å². The lowest BCUT2D eigenvalue weighted by Crippen LogP contribution is -2.32. The lowest BCUT2D eigenvalue weighted by molar-refractivity contribution is -0.141. The standard InChI is InChI=1S/C12H14F3N5O/c1-2-8(11-16-4-5-17-11)18-10(21)7-20-6-3-9(19-20)12(13,14)15/h3-6,8H,2,7H2,1H3,(H,16,17)(H,18,21). The van der Waals surface area contributed by atoms with Gasteiger partial charge in [-0.1, -0.05) is 6.92 Å². The predicted octanol–water partition coefficient (Wildman–Crippen LogP) is 1.89. The Balaban J connectivity index is 1.97. The number of alkyl halides is 3. The zero-order valence-electron chi connectivity index (χ0n) is 11.2. The second-order valence-electron chi connectivity index (χ2n) is 4.40. The van der Waals surface area contributed by atoms with E-state index in [4.69, 9.17) is 0 Å². The number of amides is 1. The number of hydrogen-bond acceptors (Lipinski definition) is 3. The Morgan fingerprint density at radius 3 is 2.81 bits per heavy atom. The minimum absolute atomic E-state index is 0.284. The summed E-state index contributed by atoms with van der Waals surface area (Å²) in [6.07, 6.45) is 0.408. The van der Waals surface area contributed by atoms with Crippen molar-refractivity contribution in [2.24, 2.45) is 0 Å². The van der Waals surface area contributed by atoms with Crippen LogP contribution in [0.5, 0.6) is 0 Å². The highest BCUT2D eigenvalue weighted by Gasteiger charge is 2.33. The number of H-pyrrole nitrogens is 1. The average Bonchev–Trinajstić information content (AvgIpc) is 3.05. The molecule has 1 unspecified atom stereocenters. The summed E-state index contributed by atoms with van der Waals surface area (Å²) in [6, 6.07) is 0.516. The number of imidazole rings is 1. The summed E-state index contributed by atoms with van der Waals surface area (Å²) < 4.78 is 38.2. The van der Waals surface area contributed by atoms with Crippen LogP contribution in [0.2, 0.25) is 0 Å². The molecule has 9 heteroatoms. The fourth-order valence-corrected chi connectivity index (χ4v) is 1.82. The maximum Gasteiger partial charge on any atom is 0.435 e. The average molecular weight is 301 g/mol. The van der Waals surface area contributed by atoms with E-state index in [-0.39, 0.29) is 12.6 Å². The molecule has 2 heterocycles. The first-order valence-corrected chi connectivity index (χ1v) is 6.29.